The van der Waals surface area contributed by atoms with Crippen molar-refractivity contribution >= 4 is 28.5 Å². The summed E-state index contributed by atoms with van der Waals surface area (Å²) < 4.78 is 15.7. The first-order chi connectivity index (χ1) is 10.1. The molecule has 0 fully saturated rings. The van der Waals surface area contributed by atoms with E-state index in [9.17, 15) is 14.3 Å². The number of aromatic carboxylic acids is 1. The van der Waals surface area contributed by atoms with E-state index in [-0.39, 0.29) is 17.1 Å². The molecule has 0 spiro atoms. The Balaban J connectivity index is 2.13. The van der Waals surface area contributed by atoms with Crippen LogP contribution in [0.5, 0.6) is 0 Å². The Hall–Kier alpha value is -2.33. The summed E-state index contributed by atoms with van der Waals surface area (Å²) >= 11 is 5.78. The zero-order valence-corrected chi connectivity index (χ0v) is 11.6. The predicted molar refractivity (Wildman–Crippen MR) is 79.4 cm³/mol. The molecule has 5 heteroatoms. The van der Waals surface area contributed by atoms with Gasteiger partial charge in [0, 0.05) is 17.1 Å². The van der Waals surface area contributed by atoms with Gasteiger partial charge < -0.3 is 9.67 Å². The maximum atomic E-state index is 14.0. The van der Waals surface area contributed by atoms with Gasteiger partial charge in [0.25, 0.3) is 0 Å². The molecule has 0 unspecified atom stereocenters. The Kier molecular flexibility index (Phi) is 3.39. The minimum absolute atomic E-state index is 0.0578. The topological polar surface area (TPSA) is 42.2 Å². The molecule has 1 N–H and O–H groups in total. The smallest absolute Gasteiger partial charge is 0.337 e. The summed E-state index contributed by atoms with van der Waals surface area (Å²) in [5, 5.41) is 10.1. The van der Waals surface area contributed by atoms with Crippen LogP contribution in [0.4, 0.5) is 4.39 Å². The molecule has 0 saturated carbocycles. The van der Waals surface area contributed by atoms with Gasteiger partial charge in [-0.3, -0.25) is 0 Å². The molecule has 0 aliphatic carbocycles. The van der Waals surface area contributed by atoms with Crippen LogP contribution in [-0.4, -0.2) is 15.6 Å². The van der Waals surface area contributed by atoms with Crippen molar-refractivity contribution in [3.8, 4) is 0 Å². The third kappa shape index (κ3) is 2.38. The van der Waals surface area contributed by atoms with E-state index >= 15 is 0 Å². The molecule has 0 radical (unpaired) electrons. The molecule has 1 heterocycles. The van der Waals surface area contributed by atoms with Crippen LogP contribution in [0.2, 0.25) is 5.02 Å². The second kappa shape index (κ2) is 5.22. The SMILES string of the molecule is O=C(O)c1cccc2ccn(Cc3cccc(Cl)c3F)c12. The van der Waals surface area contributed by atoms with E-state index in [4.69, 9.17) is 11.6 Å². The van der Waals surface area contributed by atoms with Gasteiger partial charge in [0.05, 0.1) is 22.6 Å². The lowest BCUT2D eigenvalue weighted by Crippen LogP contribution is -2.05. The van der Waals surface area contributed by atoms with Gasteiger partial charge in [0.1, 0.15) is 5.82 Å². The zero-order chi connectivity index (χ0) is 15.0. The maximum Gasteiger partial charge on any atom is 0.337 e. The van der Waals surface area contributed by atoms with Gasteiger partial charge in [-0.2, -0.15) is 0 Å². The highest BCUT2D eigenvalue weighted by Gasteiger charge is 2.14. The van der Waals surface area contributed by atoms with Gasteiger partial charge in [-0.05, 0) is 18.2 Å². The lowest BCUT2D eigenvalue weighted by molar-refractivity contribution is 0.0698. The largest absolute Gasteiger partial charge is 0.478 e. The summed E-state index contributed by atoms with van der Waals surface area (Å²) in [4.78, 5) is 11.3. The first-order valence-corrected chi connectivity index (χ1v) is 6.70. The molecule has 0 saturated heterocycles. The van der Waals surface area contributed by atoms with Gasteiger partial charge in [0.2, 0.25) is 0 Å². The van der Waals surface area contributed by atoms with Crippen LogP contribution in [0.25, 0.3) is 10.9 Å². The summed E-state index contributed by atoms with van der Waals surface area (Å²) in [6, 6.07) is 11.7. The van der Waals surface area contributed by atoms with E-state index in [0.717, 1.165) is 5.39 Å². The van der Waals surface area contributed by atoms with E-state index in [1.165, 1.54) is 12.1 Å². The van der Waals surface area contributed by atoms with Crippen LogP contribution in [0.1, 0.15) is 15.9 Å². The molecule has 3 rings (SSSR count). The quantitative estimate of drug-likeness (QED) is 0.788. The number of aromatic nitrogens is 1. The molecule has 0 aliphatic rings. The second-order valence-electron chi connectivity index (χ2n) is 4.71. The van der Waals surface area contributed by atoms with E-state index in [0.29, 0.717) is 11.1 Å². The molecule has 0 aliphatic heterocycles. The third-order valence-corrected chi connectivity index (χ3v) is 3.68. The monoisotopic (exact) mass is 303 g/mol. The lowest BCUT2D eigenvalue weighted by atomic mass is 10.1. The van der Waals surface area contributed by atoms with Crippen molar-refractivity contribution in [2.24, 2.45) is 0 Å². The van der Waals surface area contributed by atoms with Crippen LogP contribution in [-0.2, 0) is 6.54 Å². The average Bonchev–Trinajstić information content (AvgIpc) is 2.87. The number of nitrogens with zero attached hydrogens (tertiary/aromatic N) is 1. The molecule has 2 aromatic carbocycles. The third-order valence-electron chi connectivity index (χ3n) is 3.39. The van der Waals surface area contributed by atoms with E-state index in [2.05, 4.69) is 0 Å². The Labute approximate surface area is 125 Å². The highest BCUT2D eigenvalue weighted by Crippen LogP contribution is 2.24. The van der Waals surface area contributed by atoms with Crippen molar-refractivity contribution in [1.82, 2.24) is 4.57 Å². The number of carboxylic acids is 1. The molecule has 106 valence electrons. The van der Waals surface area contributed by atoms with Crippen LogP contribution >= 0.6 is 11.6 Å². The number of hydrogen-bond acceptors (Lipinski definition) is 1. The lowest BCUT2D eigenvalue weighted by Gasteiger charge is -2.09. The summed E-state index contributed by atoms with van der Waals surface area (Å²) in [7, 11) is 0. The fraction of sp³-hybridized carbons (Fsp3) is 0.0625. The highest BCUT2D eigenvalue weighted by molar-refractivity contribution is 6.30. The summed E-state index contributed by atoms with van der Waals surface area (Å²) in [6.45, 7) is 0.222. The number of rotatable bonds is 3. The summed E-state index contributed by atoms with van der Waals surface area (Å²) in [5.41, 5.74) is 1.18. The fourth-order valence-electron chi connectivity index (χ4n) is 2.42. The molecule has 3 nitrogen and oxygen atoms in total. The number of carboxylic acid groups (broad SMARTS) is 1. The first kappa shape index (κ1) is 13.6. The molecule has 1 aromatic heterocycles. The van der Waals surface area contributed by atoms with Crippen LogP contribution in [0, 0.1) is 5.82 Å². The van der Waals surface area contributed by atoms with Gasteiger partial charge in [-0.15, -0.1) is 0 Å². The van der Waals surface area contributed by atoms with Crippen molar-refractivity contribution in [3.63, 3.8) is 0 Å². The van der Waals surface area contributed by atoms with Crippen molar-refractivity contribution in [2.75, 3.05) is 0 Å². The fourth-order valence-corrected chi connectivity index (χ4v) is 2.61. The zero-order valence-electron chi connectivity index (χ0n) is 10.9. The van der Waals surface area contributed by atoms with E-state index in [1.807, 2.05) is 12.1 Å². The van der Waals surface area contributed by atoms with Crippen molar-refractivity contribution in [3.05, 3.63) is 70.6 Å². The number of hydrogen-bond donors (Lipinski definition) is 1. The van der Waals surface area contributed by atoms with Crippen molar-refractivity contribution in [1.29, 1.82) is 0 Å². The molecular weight excluding hydrogens is 293 g/mol. The predicted octanol–water partition coefficient (Wildman–Crippen LogP) is 4.18. The van der Waals surface area contributed by atoms with E-state index < -0.39 is 11.8 Å². The minimum atomic E-state index is -1.01. The Bertz CT molecular complexity index is 841. The number of carbonyl (C=O) groups is 1. The van der Waals surface area contributed by atoms with Gasteiger partial charge in [-0.1, -0.05) is 35.9 Å². The number of fused-ring (bicyclic) bond motifs is 1. The molecule has 0 atom stereocenters. The maximum absolute atomic E-state index is 14.0. The van der Waals surface area contributed by atoms with E-state index in [1.54, 1.807) is 29.0 Å². The van der Waals surface area contributed by atoms with Crippen LogP contribution in [0.3, 0.4) is 0 Å². The normalized spacial score (nSPS) is 11.0. The van der Waals surface area contributed by atoms with Gasteiger partial charge in [0.15, 0.2) is 0 Å². The van der Waals surface area contributed by atoms with Crippen LogP contribution < -0.4 is 0 Å². The average molecular weight is 304 g/mol. The number of benzene rings is 2. The molecule has 3 aromatic rings. The van der Waals surface area contributed by atoms with Crippen molar-refractivity contribution in [2.45, 2.75) is 6.54 Å². The van der Waals surface area contributed by atoms with Gasteiger partial charge in [-0.25, -0.2) is 9.18 Å². The Morgan fingerprint density at radius 3 is 2.71 bits per heavy atom. The molecule has 21 heavy (non-hydrogen) atoms. The molecular formula is C16H11ClFNO2. The second-order valence-corrected chi connectivity index (χ2v) is 5.11. The number of halogens is 2. The number of para-hydroxylation sites is 1. The van der Waals surface area contributed by atoms with Crippen LogP contribution in [0.15, 0.2) is 48.7 Å². The van der Waals surface area contributed by atoms with Gasteiger partial charge >= 0.3 is 5.97 Å². The standard InChI is InChI=1S/C16H11ClFNO2/c17-13-6-2-4-11(14(13)18)9-19-8-7-10-3-1-5-12(15(10)19)16(20)21/h1-8H,9H2,(H,20,21). The summed E-state index contributed by atoms with van der Waals surface area (Å²) in [6.07, 6.45) is 1.75. The Morgan fingerprint density at radius 2 is 1.95 bits per heavy atom. The Morgan fingerprint density at radius 1 is 1.19 bits per heavy atom. The summed E-state index contributed by atoms with van der Waals surface area (Å²) in [5.74, 6) is -1.49. The minimum Gasteiger partial charge on any atom is -0.478 e. The van der Waals surface area contributed by atoms with Crippen molar-refractivity contribution < 1.29 is 14.3 Å². The molecule has 0 bridgehead atoms. The first-order valence-electron chi connectivity index (χ1n) is 6.32. The molecule has 0 amide bonds. The highest BCUT2D eigenvalue weighted by atomic mass is 35.5.